The number of amides is 1. The van der Waals surface area contributed by atoms with Gasteiger partial charge in [0.15, 0.2) is 17.5 Å². The van der Waals surface area contributed by atoms with Crippen LogP contribution in [-0.4, -0.2) is 21.1 Å². The summed E-state index contributed by atoms with van der Waals surface area (Å²) in [6, 6.07) is 9.05. The molecule has 4 nitrogen and oxygen atoms in total. The van der Waals surface area contributed by atoms with E-state index in [-0.39, 0.29) is 0 Å². The van der Waals surface area contributed by atoms with Crippen LogP contribution >= 0.6 is 11.8 Å². The Kier molecular flexibility index (Phi) is 4.89. The summed E-state index contributed by atoms with van der Waals surface area (Å²) in [5.41, 5.74) is 0.322. The molecule has 0 bridgehead atoms. The number of thioether (sulfide) groups is 1. The van der Waals surface area contributed by atoms with E-state index >= 15 is 0 Å². The molecule has 0 aliphatic carbocycles. The molecule has 0 fully saturated rings. The summed E-state index contributed by atoms with van der Waals surface area (Å²) in [5, 5.41) is 3.00. The molecule has 3 aromatic rings. The van der Waals surface area contributed by atoms with E-state index in [1.165, 1.54) is 6.33 Å². The third kappa shape index (κ3) is 3.58. The summed E-state index contributed by atoms with van der Waals surface area (Å²) in [6.45, 7) is 1.61. The number of fused-ring (bicyclic) bond motifs is 1. The number of anilines is 1. The highest BCUT2D eigenvalue weighted by Crippen LogP contribution is 2.29. The zero-order chi connectivity index (χ0) is 18.0. The molecular formula is C17H12F3N3OS. The van der Waals surface area contributed by atoms with Gasteiger partial charge >= 0.3 is 0 Å². The maximum atomic E-state index is 13.7. The van der Waals surface area contributed by atoms with E-state index in [0.717, 1.165) is 34.8 Å². The van der Waals surface area contributed by atoms with Crippen LogP contribution in [-0.2, 0) is 4.79 Å². The molecule has 128 valence electrons. The van der Waals surface area contributed by atoms with E-state index in [2.05, 4.69) is 15.3 Å². The summed E-state index contributed by atoms with van der Waals surface area (Å²) in [7, 11) is 0. The van der Waals surface area contributed by atoms with Gasteiger partial charge in [0.25, 0.3) is 0 Å². The second kappa shape index (κ2) is 7.10. The number of carbonyl (C=O) groups is 1. The fourth-order valence-electron chi connectivity index (χ4n) is 2.15. The molecule has 3 rings (SSSR count). The Morgan fingerprint density at radius 1 is 1.08 bits per heavy atom. The van der Waals surface area contributed by atoms with Gasteiger partial charge < -0.3 is 5.32 Å². The van der Waals surface area contributed by atoms with E-state index in [1.54, 1.807) is 6.92 Å². The van der Waals surface area contributed by atoms with E-state index < -0.39 is 34.3 Å². The van der Waals surface area contributed by atoms with Crippen molar-refractivity contribution in [2.24, 2.45) is 0 Å². The van der Waals surface area contributed by atoms with Gasteiger partial charge in [-0.05, 0) is 25.1 Å². The fraction of sp³-hybridized carbons (Fsp3) is 0.118. The maximum Gasteiger partial charge on any atom is 0.237 e. The number of nitrogens with one attached hydrogen (secondary N) is 1. The number of nitrogens with zero attached hydrogens (tertiary/aromatic N) is 2. The van der Waals surface area contributed by atoms with Gasteiger partial charge in [0.05, 0.1) is 16.5 Å². The van der Waals surface area contributed by atoms with Crippen molar-refractivity contribution in [1.82, 2.24) is 9.97 Å². The van der Waals surface area contributed by atoms with Gasteiger partial charge in [-0.25, -0.2) is 23.1 Å². The minimum absolute atomic E-state index is 0.413. The van der Waals surface area contributed by atoms with Crippen LogP contribution in [0, 0.1) is 17.5 Å². The van der Waals surface area contributed by atoms with Crippen molar-refractivity contribution in [3.63, 3.8) is 0 Å². The first-order chi connectivity index (χ1) is 12.0. The molecule has 25 heavy (non-hydrogen) atoms. The Morgan fingerprint density at radius 3 is 2.64 bits per heavy atom. The largest absolute Gasteiger partial charge is 0.323 e. The second-order valence-corrected chi connectivity index (χ2v) is 6.50. The zero-order valence-corrected chi connectivity index (χ0v) is 13.8. The number of para-hydroxylation sites is 1. The molecule has 0 unspecified atom stereocenters. The predicted molar refractivity (Wildman–Crippen MR) is 89.8 cm³/mol. The van der Waals surface area contributed by atoms with E-state index in [0.29, 0.717) is 5.03 Å². The van der Waals surface area contributed by atoms with Crippen LogP contribution in [0.25, 0.3) is 10.9 Å². The van der Waals surface area contributed by atoms with Crippen molar-refractivity contribution in [3.05, 3.63) is 60.2 Å². The molecule has 1 amide bonds. The minimum atomic E-state index is -1.63. The lowest BCUT2D eigenvalue weighted by atomic mass is 10.2. The molecule has 0 aliphatic heterocycles. The van der Waals surface area contributed by atoms with Crippen molar-refractivity contribution < 1.29 is 18.0 Å². The Hall–Kier alpha value is -2.61. The highest BCUT2D eigenvalue weighted by atomic mass is 32.2. The van der Waals surface area contributed by atoms with Gasteiger partial charge in [0, 0.05) is 5.39 Å². The van der Waals surface area contributed by atoms with Crippen LogP contribution in [0.1, 0.15) is 6.92 Å². The highest BCUT2D eigenvalue weighted by Gasteiger charge is 2.20. The Bertz CT molecular complexity index is 946. The molecular weight excluding hydrogens is 351 g/mol. The number of halogens is 3. The van der Waals surface area contributed by atoms with Crippen LogP contribution in [0.2, 0.25) is 0 Å². The second-order valence-electron chi connectivity index (χ2n) is 5.17. The van der Waals surface area contributed by atoms with Crippen molar-refractivity contribution in [2.75, 3.05) is 5.32 Å². The molecule has 1 aromatic heterocycles. The first kappa shape index (κ1) is 17.2. The third-order valence-corrected chi connectivity index (χ3v) is 4.57. The van der Waals surface area contributed by atoms with Crippen molar-refractivity contribution >= 4 is 34.3 Å². The Morgan fingerprint density at radius 2 is 1.84 bits per heavy atom. The van der Waals surface area contributed by atoms with Crippen LogP contribution in [0.4, 0.5) is 18.9 Å². The molecule has 1 atom stereocenters. The molecule has 0 spiro atoms. The number of hydrogen-bond donors (Lipinski definition) is 1. The first-order valence-corrected chi connectivity index (χ1v) is 8.16. The maximum absolute atomic E-state index is 13.7. The normalized spacial score (nSPS) is 12.2. The molecule has 2 aromatic carbocycles. The Labute approximate surface area is 145 Å². The van der Waals surface area contributed by atoms with Crippen LogP contribution in [0.3, 0.4) is 0 Å². The summed E-state index contributed by atoms with van der Waals surface area (Å²) in [4.78, 5) is 20.6. The van der Waals surface area contributed by atoms with Crippen LogP contribution < -0.4 is 5.32 Å². The monoisotopic (exact) mass is 363 g/mol. The van der Waals surface area contributed by atoms with Gasteiger partial charge in [-0.2, -0.15) is 0 Å². The fourth-order valence-corrected chi connectivity index (χ4v) is 3.06. The average Bonchev–Trinajstić information content (AvgIpc) is 2.62. The lowest BCUT2D eigenvalue weighted by Gasteiger charge is -2.13. The lowest BCUT2D eigenvalue weighted by Crippen LogP contribution is -2.23. The predicted octanol–water partition coefficient (Wildman–Crippen LogP) is 4.17. The highest BCUT2D eigenvalue weighted by molar-refractivity contribution is 8.00. The van der Waals surface area contributed by atoms with Crippen molar-refractivity contribution in [3.8, 4) is 0 Å². The molecule has 0 aliphatic rings. The quantitative estimate of drug-likeness (QED) is 0.429. The molecule has 0 radical (unpaired) electrons. The van der Waals surface area contributed by atoms with E-state index in [9.17, 15) is 18.0 Å². The van der Waals surface area contributed by atoms with Gasteiger partial charge in [-0.15, -0.1) is 0 Å². The number of carbonyl (C=O) groups excluding carboxylic acids is 1. The third-order valence-electron chi connectivity index (χ3n) is 3.46. The van der Waals surface area contributed by atoms with Crippen molar-refractivity contribution in [1.29, 1.82) is 0 Å². The standard InChI is InChI=1S/C17H12F3N3OS/c1-9(16(24)23-13-7-6-11(18)14(19)15(13)20)25-17-10-4-2-3-5-12(10)21-8-22-17/h2-9H,1H3,(H,23,24)/t9-/m0/s1. The number of benzene rings is 2. The summed E-state index contributed by atoms with van der Waals surface area (Å²) in [6.07, 6.45) is 1.39. The van der Waals surface area contributed by atoms with Crippen molar-refractivity contribution in [2.45, 2.75) is 17.2 Å². The van der Waals surface area contributed by atoms with Crippen LogP contribution in [0.5, 0.6) is 0 Å². The van der Waals surface area contributed by atoms with Gasteiger partial charge in [0.1, 0.15) is 11.4 Å². The smallest absolute Gasteiger partial charge is 0.237 e. The summed E-state index contributed by atoms with van der Waals surface area (Å²) >= 11 is 1.16. The average molecular weight is 363 g/mol. The molecule has 0 saturated heterocycles. The van der Waals surface area contributed by atoms with E-state index in [4.69, 9.17) is 0 Å². The van der Waals surface area contributed by atoms with Gasteiger partial charge in [-0.1, -0.05) is 30.0 Å². The SMILES string of the molecule is C[C@H](Sc1ncnc2ccccc12)C(=O)Nc1ccc(F)c(F)c1F. The first-order valence-electron chi connectivity index (χ1n) is 7.28. The molecule has 0 saturated carbocycles. The minimum Gasteiger partial charge on any atom is -0.323 e. The summed E-state index contributed by atoms with van der Waals surface area (Å²) < 4.78 is 39.9. The van der Waals surface area contributed by atoms with Gasteiger partial charge in [0.2, 0.25) is 5.91 Å². The Balaban J connectivity index is 1.78. The topological polar surface area (TPSA) is 54.9 Å². The van der Waals surface area contributed by atoms with Gasteiger partial charge in [-0.3, -0.25) is 4.79 Å². The molecule has 8 heteroatoms. The van der Waals surface area contributed by atoms with E-state index in [1.807, 2.05) is 24.3 Å². The molecule has 1 heterocycles. The number of aromatic nitrogens is 2. The summed E-state index contributed by atoms with van der Waals surface area (Å²) in [5.74, 6) is -4.93. The number of rotatable bonds is 4. The zero-order valence-electron chi connectivity index (χ0n) is 13.0. The lowest BCUT2D eigenvalue weighted by molar-refractivity contribution is -0.115. The van der Waals surface area contributed by atoms with Crippen LogP contribution in [0.15, 0.2) is 47.8 Å². The number of hydrogen-bond acceptors (Lipinski definition) is 4. The molecule has 1 N–H and O–H groups in total.